The Hall–Kier alpha value is -1.86. The first-order chi connectivity index (χ1) is 11.8. The van der Waals surface area contributed by atoms with Crippen LogP contribution in [0.2, 0.25) is 5.02 Å². The molecule has 1 aromatic carbocycles. The van der Waals surface area contributed by atoms with Crippen LogP contribution in [0, 0.1) is 19.8 Å². The van der Waals surface area contributed by atoms with Crippen LogP contribution in [0.3, 0.4) is 0 Å². The number of nitrogens with zero attached hydrogens (tertiary/aromatic N) is 2. The minimum atomic E-state index is -1.29. The lowest BCUT2D eigenvalue weighted by atomic mass is 10.2. The summed E-state index contributed by atoms with van der Waals surface area (Å²) in [6, 6.07) is 6.71. The number of carbonyl (C=O) groups excluding carboxylic acids is 1. The Labute approximate surface area is 155 Å². The Morgan fingerprint density at radius 2 is 2.12 bits per heavy atom. The number of rotatable bonds is 6. The molecule has 0 fully saturated rings. The molecule has 2 aromatic rings. The summed E-state index contributed by atoms with van der Waals surface area (Å²) in [6.07, 6.45) is 1.53. The van der Waals surface area contributed by atoms with Gasteiger partial charge in [-0.15, -0.1) is 0 Å². The maximum absolute atomic E-state index is 12.1. The first-order valence-corrected chi connectivity index (χ1v) is 9.89. The number of anilines is 1. The molecule has 0 saturated carbocycles. The standard InChI is InChI=1S/C17H23ClN4O2S/c1-11(10-22-13(3)8-12(2)21-22)9-19-17(23)20-15-7-5-6-14(18)16(15)25(4)24/h5-8,11H,9-10H2,1-4H3,(H2,19,20,23)/t11-,25-/m0/s1. The molecule has 0 spiro atoms. The molecule has 2 N–H and O–H groups in total. The monoisotopic (exact) mass is 382 g/mol. The van der Waals surface area contributed by atoms with Crippen molar-refractivity contribution in [2.24, 2.45) is 5.92 Å². The third-order valence-corrected chi connectivity index (χ3v) is 5.14. The molecule has 0 aliphatic heterocycles. The number of urea groups is 1. The molecule has 0 radical (unpaired) electrons. The molecule has 2 atom stereocenters. The number of nitrogens with one attached hydrogen (secondary N) is 2. The zero-order valence-corrected chi connectivity index (χ0v) is 16.4. The average Bonchev–Trinajstić information content (AvgIpc) is 2.82. The normalized spacial score (nSPS) is 13.3. The van der Waals surface area contributed by atoms with Crippen molar-refractivity contribution in [3.63, 3.8) is 0 Å². The van der Waals surface area contributed by atoms with Crippen molar-refractivity contribution in [2.75, 3.05) is 18.1 Å². The fourth-order valence-electron chi connectivity index (χ4n) is 2.55. The molecule has 136 valence electrons. The number of hydrogen-bond acceptors (Lipinski definition) is 3. The van der Waals surface area contributed by atoms with E-state index in [0.29, 0.717) is 22.2 Å². The van der Waals surface area contributed by atoms with Crippen molar-refractivity contribution < 1.29 is 9.00 Å². The third kappa shape index (κ3) is 5.31. The van der Waals surface area contributed by atoms with E-state index in [0.717, 1.165) is 17.9 Å². The van der Waals surface area contributed by atoms with E-state index in [2.05, 4.69) is 15.7 Å². The van der Waals surface area contributed by atoms with Gasteiger partial charge in [-0.25, -0.2) is 4.79 Å². The van der Waals surface area contributed by atoms with Gasteiger partial charge in [-0.1, -0.05) is 24.6 Å². The smallest absolute Gasteiger partial charge is 0.319 e. The number of aryl methyl sites for hydroxylation is 2. The predicted octanol–water partition coefficient (Wildman–Crippen LogP) is 3.35. The molecule has 1 aromatic heterocycles. The van der Waals surface area contributed by atoms with Crippen molar-refractivity contribution in [3.8, 4) is 0 Å². The van der Waals surface area contributed by atoms with Crippen LogP contribution in [-0.2, 0) is 17.3 Å². The van der Waals surface area contributed by atoms with Crippen molar-refractivity contribution in [2.45, 2.75) is 32.2 Å². The van der Waals surface area contributed by atoms with E-state index in [1.54, 1.807) is 18.2 Å². The minimum absolute atomic E-state index is 0.211. The van der Waals surface area contributed by atoms with Gasteiger partial charge in [-0.2, -0.15) is 5.10 Å². The van der Waals surface area contributed by atoms with Crippen molar-refractivity contribution in [3.05, 3.63) is 40.7 Å². The summed E-state index contributed by atoms with van der Waals surface area (Å²) in [4.78, 5) is 12.6. The molecule has 8 heteroatoms. The highest BCUT2D eigenvalue weighted by atomic mass is 35.5. The Morgan fingerprint density at radius 1 is 1.40 bits per heavy atom. The molecule has 25 heavy (non-hydrogen) atoms. The van der Waals surface area contributed by atoms with Crippen molar-refractivity contribution in [1.82, 2.24) is 15.1 Å². The number of aromatic nitrogens is 2. The molecule has 2 rings (SSSR count). The molecular formula is C17H23ClN4O2S. The largest absolute Gasteiger partial charge is 0.338 e. The SMILES string of the molecule is Cc1cc(C)n(C[C@@H](C)CNC(=O)Nc2cccc(Cl)c2[S@](C)=O)n1. The maximum Gasteiger partial charge on any atom is 0.319 e. The van der Waals surface area contributed by atoms with Crippen LogP contribution in [0.4, 0.5) is 10.5 Å². The van der Waals surface area contributed by atoms with E-state index in [4.69, 9.17) is 11.6 Å². The highest BCUT2D eigenvalue weighted by molar-refractivity contribution is 7.84. The van der Waals surface area contributed by atoms with Gasteiger partial charge >= 0.3 is 6.03 Å². The van der Waals surface area contributed by atoms with Crippen molar-refractivity contribution >= 4 is 34.1 Å². The van der Waals surface area contributed by atoms with Gasteiger partial charge < -0.3 is 10.6 Å². The number of benzene rings is 1. The van der Waals surface area contributed by atoms with Crippen LogP contribution in [0.15, 0.2) is 29.2 Å². The lowest BCUT2D eigenvalue weighted by molar-refractivity contribution is 0.249. The van der Waals surface area contributed by atoms with Crippen molar-refractivity contribution in [1.29, 1.82) is 0 Å². The summed E-state index contributed by atoms with van der Waals surface area (Å²) in [7, 11) is -1.29. The van der Waals surface area contributed by atoms with Crippen LogP contribution in [0.1, 0.15) is 18.3 Å². The number of amides is 2. The molecule has 2 amide bonds. The number of carbonyl (C=O) groups is 1. The average molecular weight is 383 g/mol. The molecule has 0 saturated heterocycles. The molecule has 0 unspecified atom stereocenters. The lowest BCUT2D eigenvalue weighted by Crippen LogP contribution is -2.34. The van der Waals surface area contributed by atoms with E-state index in [1.165, 1.54) is 6.26 Å². The molecule has 1 heterocycles. The summed E-state index contributed by atoms with van der Waals surface area (Å²) in [5.41, 5.74) is 2.54. The summed E-state index contributed by atoms with van der Waals surface area (Å²) in [6.45, 7) is 7.23. The highest BCUT2D eigenvalue weighted by Gasteiger charge is 2.14. The molecular weight excluding hydrogens is 360 g/mol. The lowest BCUT2D eigenvalue weighted by Gasteiger charge is -2.15. The highest BCUT2D eigenvalue weighted by Crippen LogP contribution is 2.27. The summed E-state index contributed by atoms with van der Waals surface area (Å²) >= 11 is 6.07. The molecule has 6 nitrogen and oxygen atoms in total. The second kappa shape index (κ2) is 8.49. The molecule has 0 bridgehead atoms. The minimum Gasteiger partial charge on any atom is -0.338 e. The Bertz CT molecular complexity index is 791. The van der Waals surface area contributed by atoms with Gasteiger partial charge in [0.2, 0.25) is 0 Å². The van der Waals surface area contributed by atoms with Crippen LogP contribution in [0.25, 0.3) is 0 Å². The van der Waals surface area contributed by atoms with Gasteiger partial charge in [0.1, 0.15) is 0 Å². The topological polar surface area (TPSA) is 76.0 Å². The van der Waals surface area contributed by atoms with Crippen LogP contribution >= 0.6 is 11.6 Å². The maximum atomic E-state index is 12.1. The first-order valence-electron chi connectivity index (χ1n) is 7.95. The van der Waals surface area contributed by atoms with Crippen LogP contribution in [0.5, 0.6) is 0 Å². The van der Waals surface area contributed by atoms with E-state index in [-0.39, 0.29) is 11.9 Å². The van der Waals surface area contributed by atoms with Gasteiger partial charge in [0.15, 0.2) is 0 Å². The quantitative estimate of drug-likeness (QED) is 0.804. The Kier molecular flexibility index (Phi) is 6.61. The Balaban J connectivity index is 1.92. The predicted molar refractivity (Wildman–Crippen MR) is 102 cm³/mol. The van der Waals surface area contributed by atoms with Gasteiger partial charge in [0.05, 0.1) is 32.1 Å². The molecule has 0 aliphatic rings. The van der Waals surface area contributed by atoms with E-state index >= 15 is 0 Å². The molecule has 0 aliphatic carbocycles. The number of hydrogen-bond donors (Lipinski definition) is 2. The zero-order chi connectivity index (χ0) is 18.6. The zero-order valence-electron chi connectivity index (χ0n) is 14.8. The fraction of sp³-hybridized carbons (Fsp3) is 0.412. The van der Waals surface area contributed by atoms with Gasteiger partial charge in [0.25, 0.3) is 0 Å². The van der Waals surface area contributed by atoms with Gasteiger partial charge in [-0.3, -0.25) is 8.89 Å². The Morgan fingerprint density at radius 3 is 2.72 bits per heavy atom. The third-order valence-electron chi connectivity index (χ3n) is 3.70. The van der Waals surface area contributed by atoms with Gasteiger partial charge in [0, 0.05) is 25.0 Å². The van der Waals surface area contributed by atoms with E-state index < -0.39 is 10.8 Å². The first kappa shape index (κ1) is 19.5. The van der Waals surface area contributed by atoms with E-state index in [1.807, 2.05) is 31.5 Å². The van der Waals surface area contributed by atoms with E-state index in [9.17, 15) is 9.00 Å². The summed E-state index contributed by atoms with van der Waals surface area (Å²) in [5, 5.41) is 10.3. The second-order valence-electron chi connectivity index (χ2n) is 6.12. The summed E-state index contributed by atoms with van der Waals surface area (Å²) in [5.74, 6) is 0.211. The number of halogens is 1. The second-order valence-corrected chi connectivity index (χ2v) is 7.84. The van der Waals surface area contributed by atoms with Crippen LogP contribution in [-0.4, -0.2) is 32.8 Å². The fourth-order valence-corrected chi connectivity index (χ4v) is 3.82. The van der Waals surface area contributed by atoms with Crippen LogP contribution < -0.4 is 10.6 Å². The van der Waals surface area contributed by atoms with Gasteiger partial charge in [-0.05, 0) is 38.0 Å². The summed E-state index contributed by atoms with van der Waals surface area (Å²) < 4.78 is 13.8.